The lowest BCUT2D eigenvalue weighted by Gasteiger charge is -2.07. The van der Waals surface area contributed by atoms with Gasteiger partial charge in [0, 0.05) is 5.69 Å². The molecular formula is C14H14N4O2. The predicted molar refractivity (Wildman–Crippen MR) is 73.4 cm³/mol. The number of nitriles is 1. The first-order valence-corrected chi connectivity index (χ1v) is 6.11. The van der Waals surface area contributed by atoms with Crippen LogP contribution in [0.1, 0.15) is 28.8 Å². The highest BCUT2D eigenvalue weighted by Crippen LogP contribution is 2.21. The summed E-state index contributed by atoms with van der Waals surface area (Å²) < 4.78 is 6.56. The van der Waals surface area contributed by atoms with E-state index in [0.29, 0.717) is 11.4 Å². The Morgan fingerprint density at radius 1 is 1.45 bits per heavy atom. The number of nitrogens with two attached hydrogens (primary N) is 1. The first-order valence-electron chi connectivity index (χ1n) is 6.11. The molecule has 2 rings (SSSR count). The molecule has 0 spiro atoms. The third-order valence-corrected chi connectivity index (χ3v) is 2.80. The molecule has 0 unspecified atom stereocenters. The molecule has 1 aromatic carbocycles. The summed E-state index contributed by atoms with van der Waals surface area (Å²) in [5, 5.41) is 8.79. The predicted octanol–water partition coefficient (Wildman–Crippen LogP) is 1.81. The van der Waals surface area contributed by atoms with Crippen molar-refractivity contribution in [2.45, 2.75) is 13.8 Å². The Balaban J connectivity index is 2.47. The van der Waals surface area contributed by atoms with Gasteiger partial charge >= 0.3 is 5.97 Å². The number of nitrogens with zero attached hydrogens (tertiary/aromatic N) is 3. The van der Waals surface area contributed by atoms with Crippen LogP contribution in [0.2, 0.25) is 0 Å². The number of carbonyl (C=O) groups excluding carboxylic acids is 1. The summed E-state index contributed by atoms with van der Waals surface area (Å²) in [6.07, 6.45) is 0. The SMILES string of the molecule is CCOC(=O)c1nc(C)n(-c2ccc(C#N)cc2)c1N. The van der Waals surface area contributed by atoms with E-state index in [1.165, 1.54) is 0 Å². The molecule has 0 saturated heterocycles. The summed E-state index contributed by atoms with van der Waals surface area (Å²) in [6.45, 7) is 3.73. The molecule has 0 atom stereocenters. The van der Waals surface area contributed by atoms with Gasteiger partial charge < -0.3 is 10.5 Å². The highest BCUT2D eigenvalue weighted by Gasteiger charge is 2.20. The number of hydrogen-bond acceptors (Lipinski definition) is 5. The van der Waals surface area contributed by atoms with Gasteiger partial charge in [-0.25, -0.2) is 9.78 Å². The Kier molecular flexibility index (Phi) is 3.71. The number of aryl methyl sites for hydroxylation is 1. The minimum absolute atomic E-state index is 0.105. The molecule has 2 N–H and O–H groups in total. The van der Waals surface area contributed by atoms with E-state index in [9.17, 15) is 4.79 Å². The number of imidazole rings is 1. The Morgan fingerprint density at radius 2 is 2.10 bits per heavy atom. The third kappa shape index (κ3) is 2.34. The number of aromatic nitrogens is 2. The second kappa shape index (κ2) is 5.45. The molecule has 2 aromatic rings. The molecule has 0 saturated carbocycles. The van der Waals surface area contributed by atoms with E-state index in [4.69, 9.17) is 15.7 Å². The van der Waals surface area contributed by atoms with Crippen molar-refractivity contribution in [2.75, 3.05) is 12.3 Å². The Morgan fingerprint density at radius 3 is 2.65 bits per heavy atom. The highest BCUT2D eigenvalue weighted by atomic mass is 16.5. The van der Waals surface area contributed by atoms with Crippen molar-refractivity contribution in [3.63, 3.8) is 0 Å². The standard InChI is InChI=1S/C14H14N4O2/c1-3-20-14(19)12-13(16)18(9(2)17-12)11-6-4-10(8-15)5-7-11/h4-7H,3,16H2,1-2H3. The van der Waals surface area contributed by atoms with E-state index in [0.717, 1.165) is 5.69 Å². The number of carbonyl (C=O) groups is 1. The molecule has 1 aromatic heterocycles. The lowest BCUT2D eigenvalue weighted by Crippen LogP contribution is -2.09. The highest BCUT2D eigenvalue weighted by molar-refractivity contribution is 5.92. The summed E-state index contributed by atoms with van der Waals surface area (Å²) in [6, 6.07) is 8.90. The zero-order chi connectivity index (χ0) is 14.7. The fraction of sp³-hybridized carbons (Fsp3) is 0.214. The van der Waals surface area contributed by atoms with Crippen LogP contribution in [0.15, 0.2) is 24.3 Å². The maximum atomic E-state index is 11.7. The van der Waals surface area contributed by atoms with Crippen molar-refractivity contribution >= 4 is 11.8 Å². The molecule has 0 aliphatic heterocycles. The van der Waals surface area contributed by atoms with Crippen LogP contribution in [0.3, 0.4) is 0 Å². The summed E-state index contributed by atoms with van der Waals surface area (Å²) in [5.41, 5.74) is 7.37. The summed E-state index contributed by atoms with van der Waals surface area (Å²) in [5.74, 6) is 0.265. The quantitative estimate of drug-likeness (QED) is 0.858. The molecule has 0 aliphatic rings. The van der Waals surface area contributed by atoms with Crippen LogP contribution in [-0.4, -0.2) is 22.1 Å². The zero-order valence-corrected chi connectivity index (χ0v) is 11.3. The van der Waals surface area contributed by atoms with Crippen molar-refractivity contribution in [1.82, 2.24) is 9.55 Å². The average molecular weight is 270 g/mol. The second-order valence-corrected chi connectivity index (χ2v) is 4.11. The average Bonchev–Trinajstić information content (AvgIpc) is 2.75. The molecule has 6 nitrogen and oxygen atoms in total. The fourth-order valence-corrected chi connectivity index (χ4v) is 1.91. The molecule has 0 fully saturated rings. The molecule has 0 radical (unpaired) electrons. The van der Waals surface area contributed by atoms with Crippen LogP contribution in [0.25, 0.3) is 5.69 Å². The first kappa shape index (κ1) is 13.6. The van der Waals surface area contributed by atoms with E-state index in [1.807, 2.05) is 6.07 Å². The topological polar surface area (TPSA) is 93.9 Å². The van der Waals surface area contributed by atoms with Crippen molar-refractivity contribution in [2.24, 2.45) is 0 Å². The van der Waals surface area contributed by atoms with Gasteiger partial charge in [0.05, 0.1) is 18.2 Å². The van der Waals surface area contributed by atoms with Crippen LogP contribution in [0, 0.1) is 18.3 Å². The second-order valence-electron chi connectivity index (χ2n) is 4.11. The van der Waals surface area contributed by atoms with Gasteiger partial charge in [-0.05, 0) is 38.1 Å². The first-order chi connectivity index (χ1) is 9.58. The van der Waals surface area contributed by atoms with E-state index in [1.54, 1.807) is 42.7 Å². The summed E-state index contributed by atoms with van der Waals surface area (Å²) >= 11 is 0. The van der Waals surface area contributed by atoms with Crippen LogP contribution < -0.4 is 5.73 Å². The number of esters is 1. The van der Waals surface area contributed by atoms with Gasteiger partial charge in [-0.1, -0.05) is 0 Å². The largest absolute Gasteiger partial charge is 0.461 e. The fourth-order valence-electron chi connectivity index (χ4n) is 1.91. The number of ether oxygens (including phenoxy) is 1. The van der Waals surface area contributed by atoms with Crippen molar-refractivity contribution in [1.29, 1.82) is 5.26 Å². The normalized spacial score (nSPS) is 10.1. The summed E-state index contributed by atoms with van der Waals surface area (Å²) in [7, 11) is 0. The molecule has 6 heteroatoms. The van der Waals surface area contributed by atoms with Gasteiger partial charge in [-0.2, -0.15) is 5.26 Å². The van der Waals surface area contributed by atoms with Crippen molar-refractivity contribution in [3.8, 4) is 11.8 Å². The smallest absolute Gasteiger partial charge is 0.360 e. The molecule has 20 heavy (non-hydrogen) atoms. The lowest BCUT2D eigenvalue weighted by atomic mass is 10.2. The van der Waals surface area contributed by atoms with Crippen molar-refractivity contribution < 1.29 is 9.53 Å². The Bertz CT molecular complexity index is 680. The molecule has 0 bridgehead atoms. The van der Waals surface area contributed by atoms with Gasteiger partial charge in [-0.15, -0.1) is 0 Å². The van der Waals surface area contributed by atoms with E-state index >= 15 is 0 Å². The zero-order valence-electron chi connectivity index (χ0n) is 11.3. The third-order valence-electron chi connectivity index (χ3n) is 2.80. The van der Waals surface area contributed by atoms with Gasteiger partial charge in [-0.3, -0.25) is 4.57 Å². The number of rotatable bonds is 3. The Hall–Kier alpha value is -2.81. The van der Waals surface area contributed by atoms with E-state index < -0.39 is 5.97 Å². The number of nitrogen functional groups attached to an aromatic ring is 1. The van der Waals surface area contributed by atoms with E-state index in [2.05, 4.69) is 4.98 Å². The van der Waals surface area contributed by atoms with Crippen LogP contribution in [-0.2, 0) is 4.74 Å². The summed E-state index contributed by atoms with van der Waals surface area (Å²) in [4.78, 5) is 15.9. The molecule has 1 heterocycles. The molecular weight excluding hydrogens is 256 g/mol. The maximum absolute atomic E-state index is 11.7. The number of hydrogen-bond donors (Lipinski definition) is 1. The maximum Gasteiger partial charge on any atom is 0.360 e. The van der Waals surface area contributed by atoms with Gasteiger partial charge in [0.15, 0.2) is 5.69 Å². The van der Waals surface area contributed by atoms with E-state index in [-0.39, 0.29) is 18.1 Å². The number of anilines is 1. The minimum Gasteiger partial charge on any atom is -0.461 e. The van der Waals surface area contributed by atoms with Gasteiger partial charge in [0.1, 0.15) is 11.6 Å². The molecule has 0 amide bonds. The van der Waals surface area contributed by atoms with Crippen LogP contribution >= 0.6 is 0 Å². The minimum atomic E-state index is -0.541. The monoisotopic (exact) mass is 270 g/mol. The molecule has 0 aliphatic carbocycles. The molecule has 102 valence electrons. The van der Waals surface area contributed by atoms with Gasteiger partial charge in [0.25, 0.3) is 0 Å². The van der Waals surface area contributed by atoms with Crippen molar-refractivity contribution in [3.05, 3.63) is 41.3 Å². The van der Waals surface area contributed by atoms with Gasteiger partial charge in [0.2, 0.25) is 0 Å². The Labute approximate surface area is 116 Å². The van der Waals surface area contributed by atoms with Crippen LogP contribution in [0.4, 0.5) is 5.82 Å². The lowest BCUT2D eigenvalue weighted by molar-refractivity contribution is 0.0521. The van der Waals surface area contributed by atoms with Crippen LogP contribution in [0.5, 0.6) is 0 Å². The number of benzene rings is 1.